The van der Waals surface area contributed by atoms with Gasteiger partial charge in [0.25, 0.3) is 11.8 Å². The number of carbonyl (C=O) groups excluding carboxylic acids is 3. The first-order valence-electron chi connectivity index (χ1n) is 8.38. The molecule has 3 aromatic rings. The Bertz CT molecular complexity index is 1040. The Morgan fingerprint density at radius 1 is 1.11 bits per heavy atom. The zero-order valence-electron chi connectivity index (χ0n) is 14.2. The zero-order chi connectivity index (χ0) is 19.0. The molecule has 0 aliphatic carbocycles. The molecule has 27 heavy (non-hydrogen) atoms. The molecule has 4 rings (SSSR count). The highest BCUT2D eigenvalue weighted by Gasteiger charge is 2.34. The summed E-state index contributed by atoms with van der Waals surface area (Å²) in [4.78, 5) is 42.2. The third kappa shape index (κ3) is 3.29. The van der Waals surface area contributed by atoms with Gasteiger partial charge in [-0.3, -0.25) is 19.3 Å². The number of imidazole rings is 1. The molecule has 0 atom stereocenters. The molecule has 8 heteroatoms. The molecule has 0 spiro atoms. The number of fused-ring (bicyclic) bond motifs is 2. The van der Waals surface area contributed by atoms with Crippen molar-refractivity contribution in [2.24, 2.45) is 0 Å². The van der Waals surface area contributed by atoms with Crippen molar-refractivity contribution in [3.63, 3.8) is 0 Å². The molecule has 0 bridgehead atoms. The molecule has 136 valence electrons. The molecular formula is C19H15ClN4O3. The van der Waals surface area contributed by atoms with Crippen molar-refractivity contribution in [2.75, 3.05) is 6.54 Å². The fourth-order valence-electron chi connectivity index (χ4n) is 3.03. The Balaban J connectivity index is 1.33. The maximum Gasteiger partial charge on any atom is 0.261 e. The minimum absolute atomic E-state index is 0.0324. The van der Waals surface area contributed by atoms with Gasteiger partial charge in [0.2, 0.25) is 5.91 Å². The predicted octanol–water partition coefficient (Wildman–Crippen LogP) is 2.29. The first kappa shape index (κ1) is 17.2. The van der Waals surface area contributed by atoms with Crippen LogP contribution in [0.3, 0.4) is 0 Å². The average molecular weight is 383 g/mol. The highest BCUT2D eigenvalue weighted by Crippen LogP contribution is 2.22. The Morgan fingerprint density at radius 3 is 2.52 bits per heavy atom. The van der Waals surface area contributed by atoms with E-state index in [1.807, 2.05) is 4.40 Å². The summed E-state index contributed by atoms with van der Waals surface area (Å²) in [6.45, 7) is 0.291. The third-order valence-corrected chi connectivity index (χ3v) is 4.61. The molecule has 0 saturated heterocycles. The second-order valence-electron chi connectivity index (χ2n) is 6.18. The highest BCUT2D eigenvalue weighted by molar-refractivity contribution is 6.30. The molecule has 0 unspecified atom stereocenters. The predicted molar refractivity (Wildman–Crippen MR) is 98.5 cm³/mol. The van der Waals surface area contributed by atoms with Crippen LogP contribution in [-0.2, 0) is 11.3 Å². The van der Waals surface area contributed by atoms with Crippen molar-refractivity contribution in [1.29, 1.82) is 0 Å². The number of nitrogens with zero attached hydrogens (tertiary/aromatic N) is 3. The number of nitrogens with one attached hydrogen (secondary N) is 1. The van der Waals surface area contributed by atoms with E-state index in [1.165, 1.54) is 0 Å². The lowest BCUT2D eigenvalue weighted by Crippen LogP contribution is -2.34. The van der Waals surface area contributed by atoms with Crippen LogP contribution in [0.1, 0.15) is 32.8 Å². The highest BCUT2D eigenvalue weighted by atomic mass is 35.5. The summed E-state index contributed by atoms with van der Waals surface area (Å²) in [5.41, 5.74) is 2.14. The topological polar surface area (TPSA) is 83.8 Å². The van der Waals surface area contributed by atoms with Crippen LogP contribution in [0, 0.1) is 0 Å². The minimum atomic E-state index is -0.361. The van der Waals surface area contributed by atoms with Gasteiger partial charge in [-0.1, -0.05) is 23.7 Å². The van der Waals surface area contributed by atoms with E-state index >= 15 is 0 Å². The van der Waals surface area contributed by atoms with Crippen LogP contribution in [0.5, 0.6) is 0 Å². The van der Waals surface area contributed by atoms with Gasteiger partial charge in [-0.15, -0.1) is 0 Å². The van der Waals surface area contributed by atoms with Crippen molar-refractivity contribution in [3.05, 3.63) is 70.6 Å². The van der Waals surface area contributed by atoms with Crippen LogP contribution in [0.15, 0.2) is 48.8 Å². The van der Waals surface area contributed by atoms with Crippen molar-refractivity contribution >= 4 is 35.0 Å². The summed E-state index contributed by atoms with van der Waals surface area (Å²) in [7, 11) is 0. The number of carbonyl (C=O) groups is 3. The summed E-state index contributed by atoms with van der Waals surface area (Å²) in [5.74, 6) is -0.983. The molecular weight excluding hydrogens is 368 g/mol. The summed E-state index contributed by atoms with van der Waals surface area (Å²) in [6.07, 6.45) is 3.62. The van der Waals surface area contributed by atoms with Gasteiger partial charge in [-0.25, -0.2) is 4.98 Å². The molecule has 3 amide bonds. The molecule has 0 saturated carbocycles. The number of halogens is 1. The van der Waals surface area contributed by atoms with E-state index in [1.54, 1.807) is 48.8 Å². The van der Waals surface area contributed by atoms with E-state index in [0.717, 1.165) is 4.90 Å². The lowest BCUT2D eigenvalue weighted by atomic mass is 10.1. The number of amides is 3. The summed E-state index contributed by atoms with van der Waals surface area (Å²) >= 11 is 5.93. The van der Waals surface area contributed by atoms with E-state index in [2.05, 4.69) is 10.3 Å². The van der Waals surface area contributed by atoms with Crippen LogP contribution < -0.4 is 5.32 Å². The summed E-state index contributed by atoms with van der Waals surface area (Å²) in [5, 5.41) is 3.34. The van der Waals surface area contributed by atoms with Crippen molar-refractivity contribution in [3.8, 4) is 0 Å². The van der Waals surface area contributed by atoms with Gasteiger partial charge in [0.1, 0.15) is 5.65 Å². The van der Waals surface area contributed by atoms with Gasteiger partial charge in [-0.2, -0.15) is 0 Å². The van der Waals surface area contributed by atoms with E-state index in [0.29, 0.717) is 27.5 Å². The quantitative estimate of drug-likeness (QED) is 0.686. The van der Waals surface area contributed by atoms with Gasteiger partial charge in [0, 0.05) is 30.4 Å². The molecule has 1 aliphatic rings. The Kier molecular flexibility index (Phi) is 4.37. The largest absolute Gasteiger partial charge is 0.350 e. The molecule has 2 aromatic heterocycles. The van der Waals surface area contributed by atoms with Gasteiger partial charge < -0.3 is 9.72 Å². The normalized spacial score (nSPS) is 13.3. The number of imide groups is 1. The van der Waals surface area contributed by atoms with E-state index < -0.39 is 0 Å². The van der Waals surface area contributed by atoms with Gasteiger partial charge in [0.05, 0.1) is 23.4 Å². The third-order valence-electron chi connectivity index (χ3n) is 4.38. The van der Waals surface area contributed by atoms with E-state index in [4.69, 9.17) is 11.6 Å². The van der Waals surface area contributed by atoms with E-state index in [-0.39, 0.29) is 37.2 Å². The first-order valence-corrected chi connectivity index (χ1v) is 8.76. The fourth-order valence-corrected chi connectivity index (χ4v) is 3.18. The number of hydrogen-bond donors (Lipinski definition) is 1. The van der Waals surface area contributed by atoms with Crippen LogP contribution in [0.4, 0.5) is 0 Å². The van der Waals surface area contributed by atoms with Gasteiger partial charge in [-0.05, 0) is 24.3 Å². The number of rotatable bonds is 5. The van der Waals surface area contributed by atoms with E-state index in [9.17, 15) is 14.4 Å². The number of hydrogen-bond acceptors (Lipinski definition) is 4. The molecule has 3 heterocycles. The van der Waals surface area contributed by atoms with Crippen molar-refractivity contribution in [2.45, 2.75) is 13.0 Å². The summed E-state index contributed by atoms with van der Waals surface area (Å²) < 4.78 is 1.81. The first-order chi connectivity index (χ1) is 13.0. The molecule has 1 aromatic carbocycles. The Hall–Kier alpha value is -3.19. The standard InChI is InChI=1S/C19H15ClN4O3/c20-12-5-7-23-11-13(22-16(23)9-12)10-21-17(25)6-8-24-18(26)14-3-1-2-4-15(14)19(24)27/h1-5,7,9,11H,6,8,10H2,(H,21,25). The van der Waals surface area contributed by atoms with Crippen molar-refractivity contribution in [1.82, 2.24) is 19.6 Å². The number of aromatic nitrogens is 2. The Morgan fingerprint density at radius 2 is 1.81 bits per heavy atom. The lowest BCUT2D eigenvalue weighted by molar-refractivity contribution is -0.121. The van der Waals surface area contributed by atoms with Crippen LogP contribution >= 0.6 is 11.6 Å². The molecule has 0 fully saturated rings. The van der Waals surface area contributed by atoms with Crippen molar-refractivity contribution < 1.29 is 14.4 Å². The SMILES string of the molecule is O=C(CCN1C(=O)c2ccccc2C1=O)NCc1cn2ccc(Cl)cc2n1. The number of pyridine rings is 1. The lowest BCUT2D eigenvalue weighted by Gasteiger charge is -2.13. The average Bonchev–Trinajstić information content (AvgIpc) is 3.17. The summed E-state index contributed by atoms with van der Waals surface area (Å²) in [6, 6.07) is 10.1. The molecule has 1 aliphatic heterocycles. The Labute approximate surface area is 159 Å². The van der Waals surface area contributed by atoms with Crippen LogP contribution in [0.2, 0.25) is 5.02 Å². The van der Waals surface area contributed by atoms with Gasteiger partial charge >= 0.3 is 0 Å². The zero-order valence-corrected chi connectivity index (χ0v) is 14.9. The second kappa shape index (κ2) is 6.85. The maximum atomic E-state index is 12.3. The van der Waals surface area contributed by atoms with Gasteiger partial charge in [0.15, 0.2) is 0 Å². The van der Waals surface area contributed by atoms with Crippen LogP contribution in [-0.4, -0.2) is 38.6 Å². The fraction of sp³-hybridized carbons (Fsp3) is 0.158. The van der Waals surface area contributed by atoms with Crippen LogP contribution in [0.25, 0.3) is 5.65 Å². The minimum Gasteiger partial charge on any atom is -0.350 e. The molecule has 0 radical (unpaired) electrons. The molecule has 1 N–H and O–H groups in total. The number of benzene rings is 1. The maximum absolute atomic E-state index is 12.3. The molecule has 7 nitrogen and oxygen atoms in total. The second-order valence-corrected chi connectivity index (χ2v) is 6.61. The monoisotopic (exact) mass is 382 g/mol. The smallest absolute Gasteiger partial charge is 0.261 e.